The van der Waals surface area contributed by atoms with Crippen LogP contribution in [-0.4, -0.2) is 30.6 Å². The van der Waals surface area contributed by atoms with Gasteiger partial charge in [-0.25, -0.2) is 4.98 Å². The van der Waals surface area contributed by atoms with E-state index >= 15 is 0 Å². The van der Waals surface area contributed by atoms with Gasteiger partial charge >= 0.3 is 0 Å². The number of hydrogen-bond acceptors (Lipinski definition) is 4. The van der Waals surface area contributed by atoms with Crippen LogP contribution in [0.5, 0.6) is 0 Å². The Morgan fingerprint density at radius 2 is 2.08 bits per heavy atom. The van der Waals surface area contributed by atoms with Gasteiger partial charge in [-0.15, -0.1) is 0 Å². The number of amides is 1. The number of para-hydroxylation sites is 2. The summed E-state index contributed by atoms with van der Waals surface area (Å²) in [5, 5.41) is 9.80. The average molecular weight is 364 g/mol. The maximum absolute atomic E-state index is 12.5. The third kappa shape index (κ3) is 3.14. The first-order chi connectivity index (χ1) is 12.6. The van der Waals surface area contributed by atoms with Crippen LogP contribution in [0.15, 0.2) is 48.5 Å². The summed E-state index contributed by atoms with van der Waals surface area (Å²) in [5.74, 6) is 0.789. The molecule has 0 aliphatic carbocycles. The normalized spacial score (nSPS) is 11.0. The number of benzene rings is 2. The summed E-state index contributed by atoms with van der Waals surface area (Å²) in [5.41, 5.74) is 3.66. The number of rotatable bonds is 4. The maximum atomic E-state index is 12.5. The molecular weight excluding hydrogens is 348 g/mol. The lowest BCUT2D eigenvalue weighted by Crippen LogP contribution is -2.20. The van der Waals surface area contributed by atoms with Crippen molar-refractivity contribution in [3.05, 3.63) is 58.9 Å². The summed E-state index contributed by atoms with van der Waals surface area (Å²) < 4.78 is 2.06. The first-order valence-electron chi connectivity index (χ1n) is 8.07. The number of aromatic nitrogens is 5. The number of fused-ring (bicyclic) bond motifs is 1. The highest BCUT2D eigenvalue weighted by atomic mass is 32.1. The Kier molecular flexibility index (Phi) is 4.10. The fourth-order valence-electron chi connectivity index (χ4n) is 2.80. The third-order valence-electron chi connectivity index (χ3n) is 3.98. The Labute approximate surface area is 154 Å². The SMILES string of the molecule is Cc1cccc(-c2n[nH]c(=S)n2CC(=O)Nc2nc3ccccc3[nH]2)c1. The quantitative estimate of drug-likeness (QED) is 0.484. The maximum Gasteiger partial charge on any atom is 0.246 e. The highest BCUT2D eigenvalue weighted by molar-refractivity contribution is 7.71. The van der Waals surface area contributed by atoms with Crippen LogP contribution in [0.25, 0.3) is 22.4 Å². The van der Waals surface area contributed by atoms with Crippen molar-refractivity contribution in [1.82, 2.24) is 24.7 Å². The van der Waals surface area contributed by atoms with Gasteiger partial charge in [-0.2, -0.15) is 5.10 Å². The number of carbonyl (C=O) groups is 1. The van der Waals surface area contributed by atoms with E-state index in [9.17, 15) is 4.79 Å². The zero-order chi connectivity index (χ0) is 18.1. The molecule has 0 fully saturated rings. The van der Waals surface area contributed by atoms with Crippen LogP contribution in [0.2, 0.25) is 0 Å². The van der Waals surface area contributed by atoms with E-state index in [-0.39, 0.29) is 12.5 Å². The largest absolute Gasteiger partial charge is 0.324 e. The molecule has 0 atom stereocenters. The average Bonchev–Trinajstić information content (AvgIpc) is 3.18. The van der Waals surface area contributed by atoms with E-state index in [2.05, 4.69) is 25.5 Å². The Balaban J connectivity index is 1.58. The van der Waals surface area contributed by atoms with E-state index in [0.717, 1.165) is 22.2 Å². The highest BCUT2D eigenvalue weighted by Gasteiger charge is 2.14. The topological polar surface area (TPSA) is 91.4 Å². The number of imidazole rings is 1. The molecule has 0 saturated carbocycles. The minimum absolute atomic E-state index is 0.0374. The van der Waals surface area contributed by atoms with Gasteiger partial charge < -0.3 is 4.98 Å². The van der Waals surface area contributed by atoms with Crippen LogP contribution in [0.3, 0.4) is 0 Å². The summed E-state index contributed by atoms with van der Waals surface area (Å²) in [7, 11) is 0. The number of carbonyl (C=O) groups excluding carboxylic acids is 1. The molecule has 0 spiro atoms. The predicted molar refractivity (Wildman–Crippen MR) is 102 cm³/mol. The molecule has 0 aliphatic heterocycles. The standard InChI is InChI=1S/C18H16N6OS/c1-11-5-4-6-12(9-11)16-22-23-18(26)24(16)10-15(25)21-17-19-13-7-2-3-8-14(13)20-17/h2-9H,10H2,1H3,(H,23,26)(H2,19,20,21,25). The second-order valence-corrected chi connectivity index (χ2v) is 6.35. The Hall–Kier alpha value is -3.26. The summed E-state index contributed by atoms with van der Waals surface area (Å²) in [6.45, 7) is 2.04. The lowest BCUT2D eigenvalue weighted by atomic mass is 10.1. The summed E-state index contributed by atoms with van der Waals surface area (Å²) in [6.07, 6.45) is 0. The zero-order valence-electron chi connectivity index (χ0n) is 14.0. The molecule has 1 amide bonds. The van der Waals surface area contributed by atoms with Crippen molar-refractivity contribution in [3.8, 4) is 11.4 Å². The molecule has 2 aromatic heterocycles. The van der Waals surface area contributed by atoms with Crippen molar-refractivity contribution in [2.24, 2.45) is 0 Å². The van der Waals surface area contributed by atoms with E-state index < -0.39 is 0 Å². The van der Waals surface area contributed by atoms with E-state index in [4.69, 9.17) is 12.2 Å². The smallest absolute Gasteiger partial charge is 0.246 e. The fourth-order valence-corrected chi connectivity index (χ4v) is 2.99. The molecule has 8 heteroatoms. The Morgan fingerprint density at radius 3 is 2.88 bits per heavy atom. The lowest BCUT2D eigenvalue weighted by Gasteiger charge is -2.07. The first-order valence-corrected chi connectivity index (χ1v) is 8.48. The fraction of sp³-hybridized carbons (Fsp3) is 0.111. The van der Waals surface area contributed by atoms with E-state index in [0.29, 0.717) is 16.5 Å². The number of nitrogens with zero attached hydrogens (tertiary/aromatic N) is 3. The minimum Gasteiger partial charge on any atom is -0.324 e. The van der Waals surface area contributed by atoms with Crippen LogP contribution >= 0.6 is 12.2 Å². The minimum atomic E-state index is -0.240. The van der Waals surface area contributed by atoms with Crippen molar-refractivity contribution < 1.29 is 4.79 Å². The molecule has 0 unspecified atom stereocenters. The molecule has 0 bridgehead atoms. The zero-order valence-corrected chi connectivity index (χ0v) is 14.8. The van der Waals surface area contributed by atoms with Crippen molar-refractivity contribution in [1.29, 1.82) is 0 Å². The predicted octanol–water partition coefficient (Wildman–Crippen LogP) is 3.43. The van der Waals surface area contributed by atoms with Crippen LogP contribution < -0.4 is 5.32 Å². The molecule has 0 radical (unpaired) electrons. The van der Waals surface area contributed by atoms with Gasteiger partial charge in [0.15, 0.2) is 10.6 Å². The van der Waals surface area contributed by atoms with Gasteiger partial charge in [0.25, 0.3) is 0 Å². The lowest BCUT2D eigenvalue weighted by molar-refractivity contribution is -0.116. The molecule has 0 aliphatic rings. The van der Waals surface area contributed by atoms with Gasteiger partial charge in [-0.3, -0.25) is 19.8 Å². The van der Waals surface area contributed by atoms with Crippen molar-refractivity contribution in [2.45, 2.75) is 13.5 Å². The van der Waals surface area contributed by atoms with Crippen molar-refractivity contribution in [2.75, 3.05) is 5.32 Å². The molecule has 0 saturated heterocycles. The summed E-state index contributed by atoms with van der Waals surface area (Å²) in [4.78, 5) is 19.9. The third-order valence-corrected chi connectivity index (χ3v) is 4.30. The number of nitrogens with one attached hydrogen (secondary N) is 3. The van der Waals surface area contributed by atoms with Crippen molar-refractivity contribution >= 4 is 35.1 Å². The number of aryl methyl sites for hydroxylation is 1. The molecule has 7 nitrogen and oxygen atoms in total. The Bertz CT molecular complexity index is 1120. The summed E-state index contributed by atoms with van der Waals surface area (Å²) in [6, 6.07) is 15.5. The van der Waals surface area contributed by atoms with Crippen LogP contribution in [0.4, 0.5) is 5.95 Å². The van der Waals surface area contributed by atoms with Gasteiger partial charge in [0.05, 0.1) is 11.0 Å². The number of anilines is 1. The molecule has 2 heterocycles. The molecule has 130 valence electrons. The molecule has 3 N–H and O–H groups in total. The molecule has 4 aromatic rings. The molecule has 2 aromatic carbocycles. The summed E-state index contributed by atoms with van der Waals surface area (Å²) >= 11 is 5.28. The Morgan fingerprint density at radius 1 is 1.23 bits per heavy atom. The number of H-pyrrole nitrogens is 2. The van der Waals surface area contributed by atoms with Crippen LogP contribution in [0, 0.1) is 11.7 Å². The highest BCUT2D eigenvalue weighted by Crippen LogP contribution is 2.19. The van der Waals surface area contributed by atoms with Crippen LogP contribution in [-0.2, 0) is 11.3 Å². The van der Waals surface area contributed by atoms with Gasteiger partial charge in [-0.1, -0.05) is 35.9 Å². The second kappa shape index (κ2) is 6.57. The van der Waals surface area contributed by atoms with Gasteiger partial charge in [0.1, 0.15) is 6.54 Å². The van der Waals surface area contributed by atoms with E-state index in [1.54, 1.807) is 4.57 Å². The van der Waals surface area contributed by atoms with E-state index in [1.165, 1.54) is 0 Å². The first kappa shape index (κ1) is 16.2. The van der Waals surface area contributed by atoms with E-state index in [1.807, 2.05) is 55.5 Å². The number of aromatic amines is 2. The monoisotopic (exact) mass is 364 g/mol. The molecule has 26 heavy (non-hydrogen) atoms. The van der Waals surface area contributed by atoms with Crippen molar-refractivity contribution in [3.63, 3.8) is 0 Å². The molecular formula is C18H16N6OS. The van der Waals surface area contributed by atoms with Gasteiger partial charge in [-0.05, 0) is 37.3 Å². The van der Waals surface area contributed by atoms with Gasteiger partial charge in [0.2, 0.25) is 11.9 Å². The second-order valence-electron chi connectivity index (χ2n) is 5.96. The van der Waals surface area contributed by atoms with Crippen LogP contribution in [0.1, 0.15) is 5.56 Å². The number of hydrogen-bond donors (Lipinski definition) is 3. The molecule has 4 rings (SSSR count). The van der Waals surface area contributed by atoms with Gasteiger partial charge in [0, 0.05) is 5.56 Å².